The summed E-state index contributed by atoms with van der Waals surface area (Å²) in [5.41, 5.74) is 3.17. The van der Waals surface area contributed by atoms with Gasteiger partial charge in [0.15, 0.2) is 5.11 Å². The van der Waals surface area contributed by atoms with E-state index in [0.29, 0.717) is 32.9 Å². The van der Waals surface area contributed by atoms with E-state index in [9.17, 15) is 0 Å². The first kappa shape index (κ1) is 23.3. The van der Waals surface area contributed by atoms with Gasteiger partial charge in [0, 0.05) is 31.7 Å². The summed E-state index contributed by atoms with van der Waals surface area (Å²) in [7, 11) is 4.12. The van der Waals surface area contributed by atoms with Crippen molar-refractivity contribution in [1.82, 2.24) is 15.3 Å². The van der Waals surface area contributed by atoms with Gasteiger partial charge in [0.05, 0.1) is 21.4 Å². The summed E-state index contributed by atoms with van der Waals surface area (Å²) in [6.45, 7) is 0. The van der Waals surface area contributed by atoms with E-state index < -0.39 is 0 Å². The second-order valence-electron chi connectivity index (χ2n) is 8.79. The number of halogens is 2. The molecule has 0 aliphatic heterocycles. The van der Waals surface area contributed by atoms with E-state index in [-0.39, 0.29) is 0 Å². The zero-order chi connectivity index (χ0) is 22.7. The fourth-order valence-electron chi connectivity index (χ4n) is 4.53. The monoisotopic (exact) mass is 492 g/mol. The molecule has 0 unspecified atom stereocenters. The van der Waals surface area contributed by atoms with Crippen LogP contribution in [0.2, 0.25) is 10.0 Å². The van der Waals surface area contributed by atoms with Gasteiger partial charge >= 0.3 is 0 Å². The molecular formula is C23H30Cl2N6S. The molecule has 2 aliphatic rings. The van der Waals surface area contributed by atoms with Crippen molar-refractivity contribution in [1.29, 1.82) is 0 Å². The number of hydrogen-bond acceptors (Lipinski definition) is 5. The lowest BCUT2D eigenvalue weighted by molar-refractivity contribution is 0.387. The topological polar surface area (TPSA) is 65.1 Å². The number of thiocarbonyl (C=S) groups is 1. The van der Waals surface area contributed by atoms with Crippen molar-refractivity contribution in [3.63, 3.8) is 0 Å². The first-order valence-electron chi connectivity index (χ1n) is 11.3. The highest BCUT2D eigenvalue weighted by atomic mass is 35.5. The lowest BCUT2D eigenvalue weighted by atomic mass is 9.91. The Bertz CT molecular complexity index is 955. The van der Waals surface area contributed by atoms with Gasteiger partial charge in [-0.1, -0.05) is 29.3 Å². The van der Waals surface area contributed by atoms with Crippen LogP contribution in [0.1, 0.15) is 49.8 Å². The van der Waals surface area contributed by atoms with E-state index in [4.69, 9.17) is 45.4 Å². The molecule has 1 aromatic heterocycles. The molecule has 0 amide bonds. The van der Waals surface area contributed by atoms with Crippen molar-refractivity contribution in [2.75, 3.05) is 29.6 Å². The summed E-state index contributed by atoms with van der Waals surface area (Å²) in [5.74, 6) is 1.82. The molecule has 1 saturated carbocycles. The van der Waals surface area contributed by atoms with E-state index in [1.54, 1.807) is 12.1 Å². The van der Waals surface area contributed by atoms with Gasteiger partial charge in [-0.3, -0.25) is 0 Å². The number of fused-ring (bicyclic) bond motifs is 1. The Morgan fingerprint density at radius 1 is 1.00 bits per heavy atom. The second-order valence-corrected chi connectivity index (χ2v) is 10.0. The molecule has 3 N–H and O–H groups in total. The number of anilines is 3. The molecule has 0 saturated heterocycles. The maximum atomic E-state index is 6.23. The number of nitrogens with zero attached hydrogens (tertiary/aromatic N) is 3. The Morgan fingerprint density at radius 3 is 2.34 bits per heavy atom. The largest absolute Gasteiger partial charge is 0.362 e. The van der Waals surface area contributed by atoms with Gasteiger partial charge in [-0.25, -0.2) is 4.98 Å². The standard InChI is InChI=1S/C23H30Cl2N6S/c1-31(2)21-16-6-3-4-9-19(16)28-22(30-21)26-14-10-12-15(13-11-14)27-23(32)29-20-17(24)7-5-8-18(20)25/h5,7-8,14-15H,3-4,6,9-13H2,1-2H3,(H,26,28,30)(H2,27,29,32)/t14-,15+. The summed E-state index contributed by atoms with van der Waals surface area (Å²) < 4.78 is 0. The lowest BCUT2D eigenvalue weighted by Gasteiger charge is -2.31. The molecule has 1 heterocycles. The molecule has 6 nitrogen and oxygen atoms in total. The van der Waals surface area contributed by atoms with Crippen molar-refractivity contribution in [3.8, 4) is 0 Å². The van der Waals surface area contributed by atoms with Crippen LogP contribution in [-0.2, 0) is 12.8 Å². The molecule has 2 aromatic rings. The summed E-state index contributed by atoms with van der Waals surface area (Å²) in [4.78, 5) is 11.8. The molecule has 9 heteroatoms. The van der Waals surface area contributed by atoms with E-state index in [1.165, 1.54) is 24.1 Å². The Balaban J connectivity index is 1.31. The SMILES string of the molecule is CN(C)c1nc(N[C@H]2CC[C@@H](NC(=S)Nc3c(Cl)cccc3Cl)CC2)nc2c1CCCC2. The maximum Gasteiger partial charge on any atom is 0.225 e. The van der Waals surface area contributed by atoms with Crippen molar-refractivity contribution >= 4 is 58.0 Å². The predicted octanol–water partition coefficient (Wildman–Crippen LogP) is 5.44. The average Bonchev–Trinajstić information content (AvgIpc) is 2.77. The third-order valence-corrected chi connectivity index (χ3v) is 7.03. The number of aryl methyl sites for hydroxylation is 1. The van der Waals surface area contributed by atoms with Gasteiger partial charge in [0.2, 0.25) is 5.95 Å². The van der Waals surface area contributed by atoms with E-state index >= 15 is 0 Å². The van der Waals surface area contributed by atoms with Crippen LogP contribution < -0.4 is 20.9 Å². The highest BCUT2D eigenvalue weighted by molar-refractivity contribution is 7.80. The average molecular weight is 494 g/mol. The highest BCUT2D eigenvalue weighted by Crippen LogP contribution is 2.31. The number of aromatic nitrogens is 2. The summed E-state index contributed by atoms with van der Waals surface area (Å²) in [6.07, 6.45) is 8.65. The Labute approximate surface area is 205 Å². The molecule has 4 rings (SSSR count). The van der Waals surface area contributed by atoms with E-state index in [1.807, 2.05) is 6.07 Å². The zero-order valence-corrected chi connectivity index (χ0v) is 20.9. The molecule has 2 aliphatic carbocycles. The lowest BCUT2D eigenvalue weighted by Crippen LogP contribution is -2.42. The smallest absolute Gasteiger partial charge is 0.225 e. The number of para-hydroxylation sites is 1. The minimum atomic E-state index is 0.316. The van der Waals surface area contributed by atoms with Crippen molar-refractivity contribution in [2.24, 2.45) is 0 Å². The minimum absolute atomic E-state index is 0.316. The van der Waals surface area contributed by atoms with Crippen LogP contribution in [0.25, 0.3) is 0 Å². The van der Waals surface area contributed by atoms with Gasteiger partial charge in [-0.05, 0) is 75.7 Å². The van der Waals surface area contributed by atoms with Gasteiger partial charge in [-0.2, -0.15) is 4.98 Å². The Morgan fingerprint density at radius 2 is 1.66 bits per heavy atom. The fourth-order valence-corrected chi connectivity index (χ4v) is 5.29. The van der Waals surface area contributed by atoms with E-state index in [2.05, 4.69) is 34.9 Å². The van der Waals surface area contributed by atoms with Crippen LogP contribution in [0.4, 0.5) is 17.5 Å². The highest BCUT2D eigenvalue weighted by Gasteiger charge is 2.24. The van der Waals surface area contributed by atoms with Crippen molar-refractivity contribution in [3.05, 3.63) is 39.5 Å². The molecule has 0 bridgehead atoms. The van der Waals surface area contributed by atoms with Crippen molar-refractivity contribution in [2.45, 2.75) is 63.5 Å². The van der Waals surface area contributed by atoms with Crippen LogP contribution >= 0.6 is 35.4 Å². The van der Waals surface area contributed by atoms with Gasteiger partial charge in [0.25, 0.3) is 0 Å². The quantitative estimate of drug-likeness (QED) is 0.480. The van der Waals surface area contributed by atoms with Crippen LogP contribution in [0.3, 0.4) is 0 Å². The minimum Gasteiger partial charge on any atom is -0.362 e. The zero-order valence-electron chi connectivity index (χ0n) is 18.5. The van der Waals surface area contributed by atoms with Gasteiger partial charge in [-0.15, -0.1) is 0 Å². The molecule has 32 heavy (non-hydrogen) atoms. The second kappa shape index (κ2) is 10.4. The van der Waals surface area contributed by atoms with E-state index in [0.717, 1.165) is 50.3 Å². The van der Waals surface area contributed by atoms with Crippen LogP contribution in [-0.4, -0.2) is 41.3 Å². The van der Waals surface area contributed by atoms with Gasteiger partial charge in [0.1, 0.15) is 5.82 Å². The molecule has 172 valence electrons. The fraction of sp³-hybridized carbons (Fsp3) is 0.522. The predicted molar refractivity (Wildman–Crippen MR) is 138 cm³/mol. The number of hydrogen-bond donors (Lipinski definition) is 3. The van der Waals surface area contributed by atoms with Gasteiger partial charge < -0.3 is 20.9 Å². The Hall–Kier alpha value is -1.83. The summed E-state index contributed by atoms with van der Waals surface area (Å²) in [6, 6.07) is 6.08. The third kappa shape index (κ3) is 5.56. The number of benzene rings is 1. The molecule has 0 spiro atoms. The summed E-state index contributed by atoms with van der Waals surface area (Å²) >= 11 is 17.9. The summed E-state index contributed by atoms with van der Waals surface area (Å²) in [5, 5.41) is 11.8. The first-order valence-corrected chi connectivity index (χ1v) is 12.4. The van der Waals surface area contributed by atoms with Crippen LogP contribution in [0, 0.1) is 0 Å². The molecule has 0 atom stereocenters. The normalized spacial score (nSPS) is 20.2. The number of nitrogens with one attached hydrogen (secondary N) is 3. The molecular weight excluding hydrogens is 463 g/mol. The van der Waals surface area contributed by atoms with Crippen LogP contribution in [0.15, 0.2) is 18.2 Å². The molecule has 0 radical (unpaired) electrons. The van der Waals surface area contributed by atoms with Crippen molar-refractivity contribution < 1.29 is 0 Å². The number of rotatable bonds is 5. The maximum absolute atomic E-state index is 6.23. The van der Waals surface area contributed by atoms with Crippen LogP contribution in [0.5, 0.6) is 0 Å². The Kier molecular flexibility index (Phi) is 7.59. The first-order chi connectivity index (χ1) is 15.4. The third-order valence-electron chi connectivity index (χ3n) is 6.18. The molecule has 1 aromatic carbocycles. The molecule has 1 fully saturated rings.